The van der Waals surface area contributed by atoms with E-state index in [-0.39, 0.29) is 5.57 Å². The van der Waals surface area contributed by atoms with Crippen molar-refractivity contribution in [3.8, 4) is 5.75 Å². The lowest BCUT2D eigenvalue weighted by molar-refractivity contribution is -0.130. The first-order chi connectivity index (χ1) is 8.70. The zero-order valence-corrected chi connectivity index (χ0v) is 10.6. The first kappa shape index (κ1) is 12.4. The molecule has 2 rings (SSSR count). The van der Waals surface area contributed by atoms with E-state index in [4.69, 9.17) is 4.74 Å². The maximum absolute atomic E-state index is 11.3. The van der Waals surface area contributed by atoms with E-state index >= 15 is 0 Å². The van der Waals surface area contributed by atoms with Crippen LogP contribution in [0.25, 0.3) is 11.6 Å². The van der Waals surface area contributed by atoms with Crippen LogP contribution in [0, 0.1) is 0 Å². The Morgan fingerprint density at radius 2 is 2.00 bits per heavy atom. The third-order valence-electron chi connectivity index (χ3n) is 2.46. The quantitative estimate of drug-likeness (QED) is 0.857. The molecule has 0 aliphatic carbocycles. The fourth-order valence-electron chi connectivity index (χ4n) is 1.55. The van der Waals surface area contributed by atoms with Crippen molar-refractivity contribution in [3.05, 3.63) is 52.2 Å². The number of carboxylic acids is 1. The molecular formula is C14H12O3S. The van der Waals surface area contributed by atoms with Gasteiger partial charge in [-0.25, -0.2) is 4.79 Å². The number of ether oxygens (including phenoxy) is 1. The van der Waals surface area contributed by atoms with Crippen LogP contribution in [0.2, 0.25) is 0 Å². The van der Waals surface area contributed by atoms with E-state index < -0.39 is 5.97 Å². The molecule has 1 aromatic heterocycles. The number of hydrogen-bond donors (Lipinski definition) is 1. The topological polar surface area (TPSA) is 46.5 Å². The molecule has 0 aliphatic rings. The number of benzene rings is 1. The van der Waals surface area contributed by atoms with E-state index in [9.17, 15) is 9.90 Å². The van der Waals surface area contributed by atoms with Gasteiger partial charge in [-0.15, -0.1) is 11.3 Å². The van der Waals surface area contributed by atoms with Crippen LogP contribution in [0.3, 0.4) is 0 Å². The molecule has 0 spiro atoms. The van der Waals surface area contributed by atoms with Gasteiger partial charge in [0.1, 0.15) is 5.75 Å². The summed E-state index contributed by atoms with van der Waals surface area (Å²) < 4.78 is 5.05. The molecular weight excluding hydrogens is 248 g/mol. The smallest absolute Gasteiger partial charge is 0.336 e. The van der Waals surface area contributed by atoms with E-state index in [0.29, 0.717) is 11.3 Å². The lowest BCUT2D eigenvalue weighted by Crippen LogP contribution is -1.99. The molecule has 0 bridgehead atoms. The van der Waals surface area contributed by atoms with Crippen molar-refractivity contribution in [2.24, 2.45) is 0 Å². The molecule has 0 saturated heterocycles. The largest absolute Gasteiger partial charge is 0.497 e. The molecule has 92 valence electrons. The van der Waals surface area contributed by atoms with Gasteiger partial charge in [0, 0.05) is 4.88 Å². The van der Waals surface area contributed by atoms with Gasteiger partial charge in [-0.3, -0.25) is 0 Å². The average Bonchev–Trinajstić information content (AvgIpc) is 2.89. The summed E-state index contributed by atoms with van der Waals surface area (Å²) in [6, 6.07) is 10.8. The van der Waals surface area contributed by atoms with E-state index in [0.717, 1.165) is 4.88 Å². The Bertz CT molecular complexity index is 553. The zero-order valence-electron chi connectivity index (χ0n) is 9.79. The number of thiophene rings is 1. The van der Waals surface area contributed by atoms with E-state index in [1.165, 1.54) is 11.3 Å². The lowest BCUT2D eigenvalue weighted by atomic mass is 10.1. The van der Waals surface area contributed by atoms with Crippen molar-refractivity contribution in [1.82, 2.24) is 0 Å². The van der Waals surface area contributed by atoms with Gasteiger partial charge in [0.25, 0.3) is 0 Å². The summed E-state index contributed by atoms with van der Waals surface area (Å²) in [5, 5.41) is 11.2. The Labute approximate surface area is 109 Å². The van der Waals surface area contributed by atoms with Crippen LogP contribution in [0.4, 0.5) is 0 Å². The minimum absolute atomic E-state index is 0.278. The summed E-state index contributed by atoms with van der Waals surface area (Å²) >= 11 is 1.51. The van der Waals surface area contributed by atoms with Crippen molar-refractivity contribution in [2.75, 3.05) is 7.11 Å². The normalized spacial score (nSPS) is 11.3. The Kier molecular flexibility index (Phi) is 3.79. The number of methoxy groups -OCH3 is 1. The maximum atomic E-state index is 11.3. The minimum atomic E-state index is -0.937. The van der Waals surface area contributed by atoms with Gasteiger partial charge in [0.05, 0.1) is 12.7 Å². The number of hydrogen-bond acceptors (Lipinski definition) is 3. The number of rotatable bonds is 4. The Morgan fingerprint density at radius 1 is 1.28 bits per heavy atom. The van der Waals surface area contributed by atoms with Gasteiger partial charge in [-0.05, 0) is 35.2 Å². The third kappa shape index (κ3) is 2.78. The molecule has 0 unspecified atom stereocenters. The second kappa shape index (κ2) is 5.51. The van der Waals surface area contributed by atoms with Gasteiger partial charge in [0.2, 0.25) is 0 Å². The van der Waals surface area contributed by atoms with Crippen LogP contribution in [0.15, 0.2) is 41.8 Å². The summed E-state index contributed by atoms with van der Waals surface area (Å²) in [6.45, 7) is 0. The predicted octanol–water partition coefficient (Wildman–Crippen LogP) is 3.38. The Balaban J connectivity index is 2.38. The Hall–Kier alpha value is -2.07. The summed E-state index contributed by atoms with van der Waals surface area (Å²) in [5.74, 6) is -0.229. The van der Waals surface area contributed by atoms with Crippen molar-refractivity contribution in [3.63, 3.8) is 0 Å². The predicted molar refractivity (Wildman–Crippen MR) is 72.8 cm³/mol. The van der Waals surface area contributed by atoms with Crippen molar-refractivity contribution < 1.29 is 14.6 Å². The lowest BCUT2D eigenvalue weighted by Gasteiger charge is -2.04. The van der Waals surface area contributed by atoms with E-state index in [1.807, 2.05) is 17.5 Å². The fourth-order valence-corrected chi connectivity index (χ4v) is 2.21. The molecule has 0 atom stereocenters. The summed E-state index contributed by atoms with van der Waals surface area (Å²) in [4.78, 5) is 12.2. The van der Waals surface area contributed by atoms with Gasteiger partial charge in [0.15, 0.2) is 0 Å². The molecule has 0 aliphatic heterocycles. The third-order valence-corrected chi connectivity index (χ3v) is 3.28. The molecule has 18 heavy (non-hydrogen) atoms. The van der Waals surface area contributed by atoms with E-state index in [1.54, 1.807) is 37.5 Å². The average molecular weight is 260 g/mol. The van der Waals surface area contributed by atoms with E-state index in [2.05, 4.69) is 0 Å². The zero-order chi connectivity index (χ0) is 13.0. The molecule has 0 radical (unpaired) electrons. The summed E-state index contributed by atoms with van der Waals surface area (Å²) in [5.41, 5.74) is 0.941. The first-order valence-electron chi connectivity index (χ1n) is 5.33. The van der Waals surface area contributed by atoms with Crippen LogP contribution in [-0.4, -0.2) is 18.2 Å². The SMILES string of the molecule is COc1ccc(C(=Cc2cccs2)C(=O)O)cc1. The highest BCUT2D eigenvalue weighted by molar-refractivity contribution is 7.10. The monoisotopic (exact) mass is 260 g/mol. The minimum Gasteiger partial charge on any atom is -0.497 e. The van der Waals surface area contributed by atoms with Gasteiger partial charge in [-0.2, -0.15) is 0 Å². The first-order valence-corrected chi connectivity index (χ1v) is 6.21. The highest BCUT2D eigenvalue weighted by Crippen LogP contribution is 2.23. The fraction of sp³-hybridized carbons (Fsp3) is 0.0714. The second-order valence-corrected chi connectivity index (χ2v) is 4.59. The van der Waals surface area contributed by atoms with Gasteiger partial charge in [-0.1, -0.05) is 18.2 Å². The molecule has 2 aromatic rings. The van der Waals surface area contributed by atoms with Crippen LogP contribution in [-0.2, 0) is 4.79 Å². The molecule has 0 fully saturated rings. The van der Waals surface area contributed by atoms with Crippen LogP contribution < -0.4 is 4.74 Å². The molecule has 0 amide bonds. The van der Waals surface area contributed by atoms with Crippen LogP contribution in [0.5, 0.6) is 5.75 Å². The summed E-state index contributed by atoms with van der Waals surface area (Å²) in [6.07, 6.45) is 1.68. The molecule has 1 heterocycles. The molecule has 1 N–H and O–H groups in total. The standard InChI is InChI=1S/C14H12O3S/c1-17-11-6-4-10(5-7-11)13(14(15)16)9-12-3-2-8-18-12/h2-9H,1H3,(H,15,16). The second-order valence-electron chi connectivity index (χ2n) is 3.61. The molecule has 1 aromatic carbocycles. The molecule has 3 nitrogen and oxygen atoms in total. The number of aliphatic carboxylic acids is 1. The highest BCUT2D eigenvalue weighted by atomic mass is 32.1. The number of carboxylic acid groups (broad SMARTS) is 1. The van der Waals surface area contributed by atoms with Crippen LogP contribution in [0.1, 0.15) is 10.4 Å². The maximum Gasteiger partial charge on any atom is 0.336 e. The van der Waals surface area contributed by atoms with Crippen LogP contribution >= 0.6 is 11.3 Å². The van der Waals surface area contributed by atoms with Gasteiger partial charge >= 0.3 is 5.97 Å². The van der Waals surface area contributed by atoms with Crippen molar-refractivity contribution >= 4 is 29.0 Å². The number of carbonyl (C=O) groups is 1. The van der Waals surface area contributed by atoms with Gasteiger partial charge < -0.3 is 9.84 Å². The Morgan fingerprint density at radius 3 is 2.50 bits per heavy atom. The van der Waals surface area contributed by atoms with Crippen molar-refractivity contribution in [1.29, 1.82) is 0 Å². The van der Waals surface area contributed by atoms with Crippen molar-refractivity contribution in [2.45, 2.75) is 0 Å². The summed E-state index contributed by atoms with van der Waals surface area (Å²) in [7, 11) is 1.58. The highest BCUT2D eigenvalue weighted by Gasteiger charge is 2.10. The molecule has 0 saturated carbocycles. The molecule has 4 heteroatoms.